The molecule has 0 atom stereocenters. The number of rotatable bonds is 3. The summed E-state index contributed by atoms with van der Waals surface area (Å²) < 4.78 is 20.5. The Balaban J connectivity index is 2.12. The molecule has 0 radical (unpaired) electrons. The molecule has 0 fully saturated rings. The number of hydrogen-bond acceptors (Lipinski definition) is 3. The first-order valence-corrected chi connectivity index (χ1v) is 6.86. The third kappa shape index (κ3) is 2.18. The summed E-state index contributed by atoms with van der Waals surface area (Å²) in [6.07, 6.45) is 0.838. The number of esters is 1. The van der Waals surface area contributed by atoms with Gasteiger partial charge in [0.25, 0.3) is 0 Å². The van der Waals surface area contributed by atoms with Crippen molar-refractivity contribution in [2.75, 3.05) is 13.2 Å². The summed E-state index contributed by atoms with van der Waals surface area (Å²) >= 11 is 0. The van der Waals surface area contributed by atoms with E-state index in [1.165, 1.54) is 6.07 Å². The molecular weight excluding hydrogens is 259 g/mol. The van der Waals surface area contributed by atoms with Gasteiger partial charge in [0.15, 0.2) is 0 Å². The average Bonchev–Trinajstić information content (AvgIpc) is 2.74. The fourth-order valence-electron chi connectivity index (χ4n) is 2.87. The minimum Gasteiger partial charge on any atom is -0.465 e. The van der Waals surface area contributed by atoms with Crippen LogP contribution < -0.4 is 5.32 Å². The standard InChI is InChI=1S/C15H17FN2O2/c1-2-20-15(19)9-18-13-4-3-10(16)7-11(13)12-8-17-6-5-14(12)18/h3-4,7,17H,2,5-6,8-9H2,1H3. The Bertz CT molecular complexity index is 663. The molecule has 2 aromatic rings. The van der Waals surface area contributed by atoms with E-state index in [1.807, 2.05) is 4.57 Å². The molecule has 5 heteroatoms. The molecule has 1 aliphatic rings. The number of carbonyl (C=O) groups excluding carboxylic acids is 1. The van der Waals surface area contributed by atoms with Crippen molar-refractivity contribution in [3.05, 3.63) is 35.3 Å². The van der Waals surface area contributed by atoms with E-state index >= 15 is 0 Å². The van der Waals surface area contributed by atoms with Gasteiger partial charge in [-0.3, -0.25) is 4.79 Å². The summed E-state index contributed by atoms with van der Waals surface area (Å²) in [7, 11) is 0. The molecule has 0 amide bonds. The number of carbonyl (C=O) groups is 1. The fraction of sp³-hybridized carbons (Fsp3) is 0.400. The van der Waals surface area contributed by atoms with Crippen molar-refractivity contribution >= 4 is 16.9 Å². The molecule has 0 saturated heterocycles. The monoisotopic (exact) mass is 276 g/mol. The summed E-state index contributed by atoms with van der Waals surface area (Å²) in [6.45, 7) is 3.93. The molecule has 20 heavy (non-hydrogen) atoms. The molecule has 1 aromatic carbocycles. The molecule has 1 aliphatic heterocycles. The minimum atomic E-state index is -0.255. The largest absolute Gasteiger partial charge is 0.465 e. The van der Waals surface area contributed by atoms with Crippen LogP contribution in [-0.4, -0.2) is 23.7 Å². The van der Waals surface area contributed by atoms with Crippen molar-refractivity contribution in [2.45, 2.75) is 26.4 Å². The van der Waals surface area contributed by atoms with Gasteiger partial charge in [-0.2, -0.15) is 0 Å². The highest BCUT2D eigenvalue weighted by molar-refractivity contribution is 5.87. The van der Waals surface area contributed by atoms with E-state index < -0.39 is 0 Å². The highest BCUT2D eigenvalue weighted by atomic mass is 19.1. The van der Waals surface area contributed by atoms with Crippen LogP contribution in [0.25, 0.3) is 10.9 Å². The third-order valence-electron chi connectivity index (χ3n) is 3.68. The van der Waals surface area contributed by atoms with Crippen LogP contribution in [0.2, 0.25) is 0 Å². The normalized spacial score (nSPS) is 14.3. The van der Waals surface area contributed by atoms with Crippen molar-refractivity contribution in [3.8, 4) is 0 Å². The number of benzene rings is 1. The SMILES string of the molecule is CCOC(=O)Cn1c2c(c3cc(F)ccc31)CNCC2. The molecule has 0 bridgehead atoms. The van der Waals surface area contributed by atoms with E-state index in [1.54, 1.807) is 19.1 Å². The highest BCUT2D eigenvalue weighted by Gasteiger charge is 2.21. The van der Waals surface area contributed by atoms with Gasteiger partial charge in [0.2, 0.25) is 0 Å². The van der Waals surface area contributed by atoms with E-state index in [-0.39, 0.29) is 18.3 Å². The maximum absolute atomic E-state index is 13.5. The summed E-state index contributed by atoms with van der Waals surface area (Å²) in [4.78, 5) is 11.8. The molecule has 1 N–H and O–H groups in total. The second kappa shape index (κ2) is 5.25. The first kappa shape index (κ1) is 13.1. The van der Waals surface area contributed by atoms with Gasteiger partial charge in [-0.05, 0) is 30.7 Å². The van der Waals surface area contributed by atoms with Gasteiger partial charge in [-0.25, -0.2) is 4.39 Å². The van der Waals surface area contributed by atoms with Crippen LogP contribution >= 0.6 is 0 Å². The zero-order valence-electron chi connectivity index (χ0n) is 11.4. The third-order valence-corrected chi connectivity index (χ3v) is 3.68. The first-order chi connectivity index (χ1) is 9.70. The van der Waals surface area contributed by atoms with Crippen molar-refractivity contribution < 1.29 is 13.9 Å². The summed E-state index contributed by atoms with van der Waals surface area (Å²) in [5.41, 5.74) is 3.10. The van der Waals surface area contributed by atoms with Crippen LogP contribution in [-0.2, 0) is 29.0 Å². The van der Waals surface area contributed by atoms with Gasteiger partial charge in [-0.15, -0.1) is 0 Å². The lowest BCUT2D eigenvalue weighted by Gasteiger charge is -2.16. The molecule has 4 nitrogen and oxygen atoms in total. The Labute approximate surface area is 116 Å². The molecule has 0 saturated carbocycles. The molecular formula is C15H17FN2O2. The molecule has 3 rings (SSSR count). The second-order valence-corrected chi connectivity index (χ2v) is 4.90. The van der Waals surface area contributed by atoms with Crippen molar-refractivity contribution in [1.29, 1.82) is 0 Å². The smallest absolute Gasteiger partial charge is 0.325 e. The summed E-state index contributed by atoms with van der Waals surface area (Å²) in [5.74, 6) is -0.505. The summed E-state index contributed by atoms with van der Waals surface area (Å²) in [5, 5.41) is 4.18. The molecule has 106 valence electrons. The van der Waals surface area contributed by atoms with Crippen LogP contribution in [0.5, 0.6) is 0 Å². The minimum absolute atomic E-state index is 0.186. The first-order valence-electron chi connectivity index (χ1n) is 6.86. The Morgan fingerprint density at radius 3 is 3.15 bits per heavy atom. The molecule has 0 spiro atoms. The number of nitrogens with one attached hydrogen (secondary N) is 1. The van der Waals surface area contributed by atoms with E-state index in [0.717, 1.165) is 35.1 Å². The Hall–Kier alpha value is -1.88. The second-order valence-electron chi connectivity index (χ2n) is 4.90. The number of ether oxygens (including phenoxy) is 1. The predicted octanol–water partition coefficient (Wildman–Crippen LogP) is 1.99. The Kier molecular flexibility index (Phi) is 3.44. The maximum atomic E-state index is 13.5. The van der Waals surface area contributed by atoms with Gasteiger partial charge in [0, 0.05) is 36.1 Å². The van der Waals surface area contributed by atoms with Crippen molar-refractivity contribution in [3.63, 3.8) is 0 Å². The van der Waals surface area contributed by atoms with Gasteiger partial charge in [-0.1, -0.05) is 0 Å². The molecule has 0 aliphatic carbocycles. The van der Waals surface area contributed by atoms with E-state index in [2.05, 4.69) is 5.32 Å². The van der Waals surface area contributed by atoms with Crippen LogP contribution in [0, 0.1) is 5.82 Å². The van der Waals surface area contributed by atoms with Gasteiger partial charge in [0.1, 0.15) is 12.4 Å². The quantitative estimate of drug-likeness (QED) is 0.872. The lowest BCUT2D eigenvalue weighted by Crippen LogP contribution is -2.25. The lowest BCUT2D eigenvalue weighted by atomic mass is 10.1. The van der Waals surface area contributed by atoms with Crippen LogP contribution in [0.1, 0.15) is 18.2 Å². The van der Waals surface area contributed by atoms with E-state index in [0.29, 0.717) is 13.2 Å². The highest BCUT2D eigenvalue weighted by Crippen LogP contribution is 2.29. The lowest BCUT2D eigenvalue weighted by molar-refractivity contribution is -0.143. The average molecular weight is 276 g/mol. The number of nitrogens with zero attached hydrogens (tertiary/aromatic N) is 1. The topological polar surface area (TPSA) is 43.3 Å². The van der Waals surface area contributed by atoms with Gasteiger partial charge >= 0.3 is 5.97 Å². The van der Waals surface area contributed by atoms with Crippen molar-refractivity contribution in [2.24, 2.45) is 0 Å². The molecule has 2 heterocycles. The van der Waals surface area contributed by atoms with Crippen LogP contribution in [0.4, 0.5) is 4.39 Å². The zero-order chi connectivity index (χ0) is 14.1. The van der Waals surface area contributed by atoms with Crippen molar-refractivity contribution in [1.82, 2.24) is 9.88 Å². The Morgan fingerprint density at radius 1 is 1.50 bits per heavy atom. The van der Waals surface area contributed by atoms with Crippen LogP contribution in [0.15, 0.2) is 18.2 Å². The van der Waals surface area contributed by atoms with E-state index in [4.69, 9.17) is 4.74 Å². The maximum Gasteiger partial charge on any atom is 0.325 e. The number of hydrogen-bond donors (Lipinski definition) is 1. The number of halogens is 1. The van der Waals surface area contributed by atoms with E-state index in [9.17, 15) is 9.18 Å². The van der Waals surface area contributed by atoms with Crippen LogP contribution in [0.3, 0.4) is 0 Å². The zero-order valence-corrected chi connectivity index (χ0v) is 11.4. The summed E-state index contributed by atoms with van der Waals surface area (Å²) in [6, 6.07) is 4.72. The molecule has 0 unspecified atom stereocenters. The van der Waals surface area contributed by atoms with Gasteiger partial charge < -0.3 is 14.6 Å². The Morgan fingerprint density at radius 2 is 2.35 bits per heavy atom. The predicted molar refractivity (Wildman–Crippen MR) is 73.9 cm³/mol. The number of fused-ring (bicyclic) bond motifs is 3. The number of aromatic nitrogens is 1. The molecule has 1 aromatic heterocycles. The fourth-order valence-corrected chi connectivity index (χ4v) is 2.87. The van der Waals surface area contributed by atoms with Gasteiger partial charge in [0.05, 0.1) is 6.61 Å².